The lowest BCUT2D eigenvalue weighted by Gasteiger charge is -2.02. The van der Waals surface area contributed by atoms with Crippen molar-refractivity contribution >= 4 is 28.1 Å². The number of aryl methyl sites for hydroxylation is 1. The van der Waals surface area contributed by atoms with E-state index >= 15 is 0 Å². The van der Waals surface area contributed by atoms with Crippen LogP contribution in [0.25, 0.3) is 0 Å². The molecule has 0 saturated heterocycles. The molecule has 0 aliphatic rings. The van der Waals surface area contributed by atoms with Crippen molar-refractivity contribution < 1.29 is 4.79 Å². The predicted molar refractivity (Wildman–Crippen MR) is 78.2 cm³/mol. The minimum Gasteiger partial charge on any atom is -0.267 e. The van der Waals surface area contributed by atoms with Gasteiger partial charge in [-0.05, 0) is 36.8 Å². The van der Waals surface area contributed by atoms with Gasteiger partial charge in [0.15, 0.2) is 0 Å². The molecule has 1 N–H and O–H groups in total. The van der Waals surface area contributed by atoms with E-state index in [4.69, 9.17) is 0 Å². The van der Waals surface area contributed by atoms with Crippen LogP contribution in [-0.4, -0.2) is 17.1 Å². The Morgan fingerprint density at radius 1 is 1.37 bits per heavy atom. The summed E-state index contributed by atoms with van der Waals surface area (Å²) in [6.45, 7) is 1.96. The number of hydrogen-bond donors (Lipinski definition) is 1. The number of aromatic nitrogens is 1. The molecule has 2 aromatic rings. The Labute approximate surface area is 119 Å². The van der Waals surface area contributed by atoms with E-state index in [0.29, 0.717) is 11.3 Å². The Hall–Kier alpha value is -2.01. The van der Waals surface area contributed by atoms with Crippen molar-refractivity contribution in [2.24, 2.45) is 5.10 Å². The van der Waals surface area contributed by atoms with Gasteiger partial charge >= 0.3 is 0 Å². The summed E-state index contributed by atoms with van der Waals surface area (Å²) in [5.74, 6) is -0.257. The van der Waals surface area contributed by atoms with E-state index in [1.165, 1.54) is 6.21 Å². The number of nitrogens with zero attached hydrogens (tertiary/aromatic N) is 2. The molecule has 0 bridgehead atoms. The number of benzene rings is 1. The van der Waals surface area contributed by atoms with Gasteiger partial charge in [-0.15, -0.1) is 0 Å². The van der Waals surface area contributed by atoms with Crippen LogP contribution in [0.15, 0.2) is 52.2 Å². The van der Waals surface area contributed by atoms with E-state index < -0.39 is 0 Å². The highest BCUT2D eigenvalue weighted by atomic mass is 79.9. The monoisotopic (exact) mass is 317 g/mol. The Morgan fingerprint density at radius 3 is 2.89 bits per heavy atom. The summed E-state index contributed by atoms with van der Waals surface area (Å²) in [6, 6.07) is 10.9. The molecule has 0 fully saturated rings. The maximum atomic E-state index is 11.8. The first-order chi connectivity index (χ1) is 9.16. The smallest absolute Gasteiger partial charge is 0.267 e. The van der Waals surface area contributed by atoms with Gasteiger partial charge in [0.25, 0.3) is 5.91 Å². The average Bonchev–Trinajstić information content (AvgIpc) is 2.43. The van der Waals surface area contributed by atoms with Crippen LogP contribution in [0, 0.1) is 6.92 Å². The first kappa shape index (κ1) is 13.4. The summed E-state index contributed by atoms with van der Waals surface area (Å²) in [4.78, 5) is 15.9. The lowest BCUT2D eigenvalue weighted by molar-refractivity contribution is 0.0955. The van der Waals surface area contributed by atoms with Crippen molar-refractivity contribution in [3.05, 3.63) is 63.9 Å². The molecule has 0 atom stereocenters. The number of halogens is 1. The minimum atomic E-state index is -0.257. The Bertz CT molecular complexity index is 611. The highest BCUT2D eigenvalue weighted by Gasteiger charge is 2.05. The normalized spacial score (nSPS) is 10.6. The van der Waals surface area contributed by atoms with Crippen LogP contribution in [0.2, 0.25) is 0 Å². The van der Waals surface area contributed by atoms with E-state index in [1.54, 1.807) is 24.4 Å². The van der Waals surface area contributed by atoms with E-state index in [-0.39, 0.29) is 5.91 Å². The average molecular weight is 318 g/mol. The fourth-order valence-corrected chi connectivity index (χ4v) is 1.79. The lowest BCUT2D eigenvalue weighted by atomic mass is 10.1. The van der Waals surface area contributed by atoms with Gasteiger partial charge in [0, 0.05) is 16.2 Å². The molecule has 1 heterocycles. The molecule has 1 aromatic carbocycles. The molecule has 0 spiro atoms. The van der Waals surface area contributed by atoms with Crippen molar-refractivity contribution in [3.8, 4) is 0 Å². The van der Waals surface area contributed by atoms with E-state index in [1.807, 2.05) is 25.1 Å². The van der Waals surface area contributed by atoms with Crippen molar-refractivity contribution in [2.75, 3.05) is 0 Å². The molecule has 0 aliphatic heterocycles. The van der Waals surface area contributed by atoms with E-state index in [9.17, 15) is 4.79 Å². The highest BCUT2D eigenvalue weighted by Crippen LogP contribution is 2.17. The standard InChI is InChI=1S/C14H12BrN3O/c1-10-5-6-11(8-13(10)15)14(19)18-17-9-12-4-2-3-7-16-12/h2-9H,1H3,(H,18,19). The third kappa shape index (κ3) is 3.72. The van der Waals surface area contributed by atoms with Crippen LogP contribution >= 0.6 is 15.9 Å². The molecule has 0 saturated carbocycles. The third-order valence-corrected chi connectivity index (χ3v) is 3.34. The quantitative estimate of drug-likeness (QED) is 0.699. The van der Waals surface area contributed by atoms with Gasteiger partial charge in [-0.2, -0.15) is 5.10 Å². The molecule has 4 nitrogen and oxygen atoms in total. The summed E-state index contributed by atoms with van der Waals surface area (Å²) >= 11 is 3.39. The molecule has 1 amide bonds. The Kier molecular flexibility index (Phi) is 4.41. The fraction of sp³-hybridized carbons (Fsp3) is 0.0714. The topological polar surface area (TPSA) is 54.4 Å². The second-order valence-corrected chi connectivity index (χ2v) is 4.77. The lowest BCUT2D eigenvalue weighted by Crippen LogP contribution is -2.17. The molecule has 5 heteroatoms. The molecule has 0 aliphatic carbocycles. The number of nitrogens with one attached hydrogen (secondary N) is 1. The van der Waals surface area contributed by atoms with Gasteiger partial charge in [0.05, 0.1) is 11.9 Å². The number of pyridine rings is 1. The SMILES string of the molecule is Cc1ccc(C(=O)NN=Cc2ccccn2)cc1Br. The number of rotatable bonds is 3. The van der Waals surface area contributed by atoms with Gasteiger partial charge in [-0.1, -0.05) is 28.1 Å². The molecule has 0 radical (unpaired) electrons. The number of carbonyl (C=O) groups excluding carboxylic acids is 1. The first-order valence-corrected chi connectivity index (χ1v) is 6.47. The zero-order valence-corrected chi connectivity index (χ0v) is 11.9. The summed E-state index contributed by atoms with van der Waals surface area (Å²) in [7, 11) is 0. The molecule has 96 valence electrons. The third-order valence-electron chi connectivity index (χ3n) is 2.48. The van der Waals surface area contributed by atoms with Crippen LogP contribution < -0.4 is 5.43 Å². The summed E-state index contributed by atoms with van der Waals surface area (Å²) < 4.78 is 0.897. The number of carbonyl (C=O) groups is 1. The van der Waals surface area contributed by atoms with Crippen LogP contribution in [0.4, 0.5) is 0 Å². The molecule has 0 unspecified atom stereocenters. The second-order valence-electron chi connectivity index (χ2n) is 3.92. The van der Waals surface area contributed by atoms with Gasteiger partial charge in [-0.3, -0.25) is 9.78 Å². The first-order valence-electron chi connectivity index (χ1n) is 5.67. The van der Waals surface area contributed by atoms with Gasteiger partial charge in [-0.25, -0.2) is 5.43 Å². The Morgan fingerprint density at radius 2 is 2.21 bits per heavy atom. The zero-order chi connectivity index (χ0) is 13.7. The second kappa shape index (κ2) is 6.24. The van der Waals surface area contributed by atoms with Gasteiger partial charge in [0.1, 0.15) is 0 Å². The van der Waals surface area contributed by atoms with Crippen LogP contribution in [0.1, 0.15) is 21.6 Å². The summed E-state index contributed by atoms with van der Waals surface area (Å²) in [6.07, 6.45) is 3.17. The van der Waals surface area contributed by atoms with Gasteiger partial charge in [0.2, 0.25) is 0 Å². The zero-order valence-electron chi connectivity index (χ0n) is 10.3. The molecular formula is C14H12BrN3O. The number of hydrazone groups is 1. The van der Waals surface area contributed by atoms with Gasteiger partial charge < -0.3 is 0 Å². The molecule has 19 heavy (non-hydrogen) atoms. The maximum absolute atomic E-state index is 11.8. The maximum Gasteiger partial charge on any atom is 0.271 e. The van der Waals surface area contributed by atoms with Crippen molar-refractivity contribution in [3.63, 3.8) is 0 Å². The van der Waals surface area contributed by atoms with Crippen LogP contribution in [-0.2, 0) is 0 Å². The minimum absolute atomic E-state index is 0.257. The van der Waals surface area contributed by atoms with Crippen molar-refractivity contribution in [1.29, 1.82) is 0 Å². The number of hydrogen-bond acceptors (Lipinski definition) is 3. The predicted octanol–water partition coefficient (Wildman–Crippen LogP) is 2.92. The fourth-order valence-electron chi connectivity index (χ4n) is 1.41. The Balaban J connectivity index is 2.01. The van der Waals surface area contributed by atoms with Crippen LogP contribution in [0.5, 0.6) is 0 Å². The largest absolute Gasteiger partial charge is 0.271 e. The molecular weight excluding hydrogens is 306 g/mol. The number of amides is 1. The molecule has 1 aromatic heterocycles. The van der Waals surface area contributed by atoms with E-state index in [2.05, 4.69) is 31.4 Å². The van der Waals surface area contributed by atoms with Crippen molar-refractivity contribution in [2.45, 2.75) is 6.92 Å². The summed E-state index contributed by atoms with van der Waals surface area (Å²) in [5.41, 5.74) is 4.78. The highest BCUT2D eigenvalue weighted by molar-refractivity contribution is 9.10. The van der Waals surface area contributed by atoms with Crippen LogP contribution in [0.3, 0.4) is 0 Å². The van der Waals surface area contributed by atoms with E-state index in [0.717, 1.165) is 10.0 Å². The summed E-state index contributed by atoms with van der Waals surface area (Å²) in [5, 5.41) is 3.87. The molecule has 2 rings (SSSR count). The van der Waals surface area contributed by atoms with Crippen molar-refractivity contribution in [1.82, 2.24) is 10.4 Å².